The molecule has 1 amide bonds. The Morgan fingerprint density at radius 2 is 1.71 bits per heavy atom. The smallest absolute Gasteiger partial charge is 0.323 e. The molecule has 1 aromatic rings. The Balaban J connectivity index is 2.92. The third kappa shape index (κ3) is 6.71. The number of amides is 1. The molecule has 0 radical (unpaired) electrons. The average Bonchev–Trinajstić information content (AvgIpc) is 2.49. The van der Waals surface area contributed by atoms with Crippen LogP contribution in [0.25, 0.3) is 0 Å². The molecule has 0 saturated carbocycles. The molecule has 0 aliphatic heterocycles. The summed E-state index contributed by atoms with van der Waals surface area (Å²) >= 11 is 0. The zero-order valence-electron chi connectivity index (χ0n) is 15.6. The predicted octanol–water partition coefficient (Wildman–Crippen LogP) is 2.30. The van der Waals surface area contributed by atoms with Gasteiger partial charge in [0, 0.05) is 5.54 Å². The summed E-state index contributed by atoms with van der Waals surface area (Å²) in [6.45, 7) is 9.71. The third-order valence-electron chi connectivity index (χ3n) is 3.60. The fourth-order valence-electron chi connectivity index (χ4n) is 2.44. The van der Waals surface area contributed by atoms with Crippen LogP contribution in [0.15, 0.2) is 30.3 Å². The van der Waals surface area contributed by atoms with E-state index in [9.17, 15) is 9.59 Å². The van der Waals surface area contributed by atoms with Gasteiger partial charge in [0.1, 0.15) is 6.04 Å². The second kappa shape index (κ2) is 8.83. The Morgan fingerprint density at radius 3 is 2.17 bits per heavy atom. The van der Waals surface area contributed by atoms with E-state index in [0.29, 0.717) is 6.42 Å². The van der Waals surface area contributed by atoms with Gasteiger partial charge in [-0.2, -0.15) is 0 Å². The fraction of sp³-hybridized carbons (Fsp3) is 0.579. The molecule has 0 heterocycles. The largest absolute Gasteiger partial charge is 0.468 e. The molecule has 0 fully saturated rings. The molecule has 0 aromatic heterocycles. The lowest BCUT2D eigenvalue weighted by Crippen LogP contribution is -2.57. The van der Waals surface area contributed by atoms with Crippen molar-refractivity contribution in [3.8, 4) is 0 Å². The first-order valence-electron chi connectivity index (χ1n) is 8.34. The van der Waals surface area contributed by atoms with Gasteiger partial charge in [0.05, 0.1) is 13.2 Å². The van der Waals surface area contributed by atoms with E-state index in [0.717, 1.165) is 5.56 Å². The van der Waals surface area contributed by atoms with Crippen LogP contribution in [-0.2, 0) is 20.7 Å². The molecule has 24 heavy (non-hydrogen) atoms. The molecule has 2 N–H and O–H groups in total. The van der Waals surface area contributed by atoms with Crippen molar-refractivity contribution in [2.24, 2.45) is 5.92 Å². The second-order valence-electron chi connectivity index (χ2n) is 7.39. The summed E-state index contributed by atoms with van der Waals surface area (Å²) < 4.78 is 4.91. The molecule has 0 aliphatic carbocycles. The van der Waals surface area contributed by atoms with Crippen LogP contribution in [0.2, 0.25) is 0 Å². The standard InChI is InChI=1S/C19H30N2O3/c1-13(2)16(17(22)21-19(3,4)5)20-15(18(23)24-6)12-14-10-8-7-9-11-14/h7-11,13,15-16,20H,12H2,1-6H3,(H,21,22)/t15-,16-/m0/s1. The zero-order valence-corrected chi connectivity index (χ0v) is 15.6. The highest BCUT2D eigenvalue weighted by Gasteiger charge is 2.30. The van der Waals surface area contributed by atoms with Crippen molar-refractivity contribution in [2.45, 2.75) is 58.7 Å². The van der Waals surface area contributed by atoms with Crippen LogP contribution in [0.1, 0.15) is 40.2 Å². The summed E-state index contributed by atoms with van der Waals surface area (Å²) in [4.78, 5) is 24.7. The molecular weight excluding hydrogens is 304 g/mol. The minimum absolute atomic E-state index is 0.0373. The number of hydrogen-bond donors (Lipinski definition) is 2. The molecular formula is C19H30N2O3. The minimum Gasteiger partial charge on any atom is -0.468 e. The molecule has 0 bridgehead atoms. The summed E-state index contributed by atoms with van der Waals surface area (Å²) in [5, 5.41) is 6.16. The van der Waals surface area contributed by atoms with Gasteiger partial charge in [0.15, 0.2) is 0 Å². The Labute approximate surface area is 145 Å². The number of carbonyl (C=O) groups is 2. The lowest BCUT2D eigenvalue weighted by atomic mass is 9.98. The maximum atomic E-state index is 12.6. The second-order valence-corrected chi connectivity index (χ2v) is 7.39. The van der Waals surface area contributed by atoms with E-state index < -0.39 is 12.1 Å². The summed E-state index contributed by atoms with van der Waals surface area (Å²) in [6.07, 6.45) is 0.472. The molecule has 134 valence electrons. The van der Waals surface area contributed by atoms with E-state index in [1.54, 1.807) is 0 Å². The maximum Gasteiger partial charge on any atom is 0.323 e. The molecule has 1 aromatic carbocycles. The van der Waals surface area contributed by atoms with Crippen LogP contribution in [0.4, 0.5) is 0 Å². The lowest BCUT2D eigenvalue weighted by molar-refractivity contribution is -0.143. The summed E-state index contributed by atoms with van der Waals surface area (Å²) in [5.41, 5.74) is 0.686. The van der Waals surface area contributed by atoms with Crippen molar-refractivity contribution in [1.82, 2.24) is 10.6 Å². The first-order chi connectivity index (χ1) is 11.1. The van der Waals surface area contributed by atoms with Gasteiger partial charge in [-0.3, -0.25) is 14.9 Å². The van der Waals surface area contributed by atoms with Crippen LogP contribution in [0, 0.1) is 5.92 Å². The highest BCUT2D eigenvalue weighted by molar-refractivity contribution is 5.84. The first kappa shape index (κ1) is 20.2. The number of carbonyl (C=O) groups excluding carboxylic acids is 2. The van der Waals surface area contributed by atoms with E-state index in [-0.39, 0.29) is 23.3 Å². The summed E-state index contributed by atoms with van der Waals surface area (Å²) in [6, 6.07) is 8.64. The van der Waals surface area contributed by atoms with E-state index in [2.05, 4.69) is 10.6 Å². The molecule has 1 rings (SSSR count). The van der Waals surface area contributed by atoms with E-state index in [1.165, 1.54) is 7.11 Å². The van der Waals surface area contributed by atoms with E-state index in [4.69, 9.17) is 4.74 Å². The van der Waals surface area contributed by atoms with Crippen LogP contribution in [0.5, 0.6) is 0 Å². The minimum atomic E-state index is -0.574. The van der Waals surface area contributed by atoms with Gasteiger partial charge in [0.25, 0.3) is 0 Å². The topological polar surface area (TPSA) is 67.4 Å². The van der Waals surface area contributed by atoms with Crippen LogP contribution < -0.4 is 10.6 Å². The number of ether oxygens (including phenoxy) is 1. The molecule has 5 heteroatoms. The molecule has 0 unspecified atom stereocenters. The SMILES string of the molecule is COC(=O)[C@H](Cc1ccccc1)N[C@H](C(=O)NC(C)(C)C)C(C)C. The number of hydrogen-bond acceptors (Lipinski definition) is 4. The van der Waals surface area contributed by atoms with Gasteiger partial charge in [-0.15, -0.1) is 0 Å². The normalized spacial score (nSPS) is 14.1. The van der Waals surface area contributed by atoms with Crippen LogP contribution in [-0.4, -0.2) is 36.6 Å². The van der Waals surface area contributed by atoms with E-state index in [1.807, 2.05) is 65.0 Å². The molecule has 0 spiro atoms. The highest BCUT2D eigenvalue weighted by Crippen LogP contribution is 2.10. The summed E-state index contributed by atoms with van der Waals surface area (Å²) in [7, 11) is 1.36. The maximum absolute atomic E-state index is 12.6. The van der Waals surface area contributed by atoms with Gasteiger partial charge >= 0.3 is 5.97 Å². The average molecular weight is 334 g/mol. The third-order valence-corrected chi connectivity index (χ3v) is 3.60. The van der Waals surface area contributed by atoms with Crippen molar-refractivity contribution in [3.05, 3.63) is 35.9 Å². The fourth-order valence-corrected chi connectivity index (χ4v) is 2.44. The molecule has 5 nitrogen and oxygen atoms in total. The number of methoxy groups -OCH3 is 1. The predicted molar refractivity (Wildman–Crippen MR) is 95.6 cm³/mol. The van der Waals surface area contributed by atoms with Gasteiger partial charge in [-0.1, -0.05) is 44.2 Å². The number of nitrogens with one attached hydrogen (secondary N) is 2. The monoisotopic (exact) mass is 334 g/mol. The van der Waals surface area contributed by atoms with Crippen molar-refractivity contribution < 1.29 is 14.3 Å². The first-order valence-corrected chi connectivity index (χ1v) is 8.34. The van der Waals surface area contributed by atoms with Gasteiger partial charge < -0.3 is 10.1 Å². The van der Waals surface area contributed by atoms with Gasteiger partial charge in [0.2, 0.25) is 5.91 Å². The number of rotatable bonds is 7. The molecule has 0 aliphatic rings. The van der Waals surface area contributed by atoms with Gasteiger partial charge in [-0.05, 0) is 38.7 Å². The Bertz CT molecular complexity index is 535. The molecule has 0 saturated heterocycles. The Hall–Kier alpha value is -1.88. The van der Waals surface area contributed by atoms with Crippen molar-refractivity contribution in [2.75, 3.05) is 7.11 Å². The van der Waals surface area contributed by atoms with Crippen LogP contribution in [0.3, 0.4) is 0 Å². The van der Waals surface area contributed by atoms with Crippen molar-refractivity contribution >= 4 is 11.9 Å². The lowest BCUT2D eigenvalue weighted by Gasteiger charge is -2.30. The highest BCUT2D eigenvalue weighted by atomic mass is 16.5. The Kier molecular flexibility index (Phi) is 7.42. The Morgan fingerprint density at radius 1 is 1.12 bits per heavy atom. The van der Waals surface area contributed by atoms with Crippen molar-refractivity contribution in [3.63, 3.8) is 0 Å². The number of benzene rings is 1. The quantitative estimate of drug-likeness (QED) is 0.751. The summed E-state index contributed by atoms with van der Waals surface area (Å²) in [5.74, 6) is -0.442. The zero-order chi connectivity index (χ0) is 18.3. The number of esters is 1. The molecule has 2 atom stereocenters. The van der Waals surface area contributed by atoms with Gasteiger partial charge in [-0.25, -0.2) is 0 Å². The van der Waals surface area contributed by atoms with E-state index >= 15 is 0 Å². The van der Waals surface area contributed by atoms with Crippen LogP contribution >= 0.6 is 0 Å². The van der Waals surface area contributed by atoms with Crippen molar-refractivity contribution in [1.29, 1.82) is 0 Å².